The Balaban J connectivity index is 5.23. The van der Waals surface area contributed by atoms with Gasteiger partial charge in [0.25, 0.3) is 0 Å². The first-order chi connectivity index (χ1) is 43.6. The van der Waals surface area contributed by atoms with Crippen molar-refractivity contribution in [3.8, 4) is 0 Å². The van der Waals surface area contributed by atoms with Gasteiger partial charge in [-0.15, -0.1) is 0 Å². The molecule has 0 aromatic rings. The van der Waals surface area contributed by atoms with E-state index in [-0.39, 0.29) is 25.7 Å². The van der Waals surface area contributed by atoms with E-state index in [0.717, 1.165) is 114 Å². The maximum atomic E-state index is 13.0. The van der Waals surface area contributed by atoms with Crippen molar-refractivity contribution in [2.45, 2.75) is 375 Å². The Morgan fingerprint density at radius 1 is 0.275 bits per heavy atom. The van der Waals surface area contributed by atoms with E-state index in [9.17, 15) is 43.2 Å². The summed E-state index contributed by atoms with van der Waals surface area (Å²) in [6.07, 6.45) is 44.5. The summed E-state index contributed by atoms with van der Waals surface area (Å²) in [6.45, 7) is 14.1. The molecule has 3 N–H and O–H groups in total. The van der Waals surface area contributed by atoms with Crippen LogP contribution >= 0.6 is 15.6 Å². The van der Waals surface area contributed by atoms with Crippen molar-refractivity contribution in [2.24, 2.45) is 23.7 Å². The van der Waals surface area contributed by atoms with Gasteiger partial charge in [-0.1, -0.05) is 306 Å². The Hall–Kier alpha value is -1.94. The summed E-state index contributed by atoms with van der Waals surface area (Å²) in [5.74, 6) is 0.851. The second-order valence-corrected chi connectivity index (χ2v) is 30.8. The summed E-state index contributed by atoms with van der Waals surface area (Å²) in [6, 6.07) is 0. The van der Waals surface area contributed by atoms with Gasteiger partial charge >= 0.3 is 39.5 Å². The first-order valence-electron chi connectivity index (χ1n) is 37.2. The maximum absolute atomic E-state index is 13.0. The van der Waals surface area contributed by atoms with E-state index in [0.29, 0.717) is 31.6 Å². The number of ether oxygens (including phenoxy) is 4. The third kappa shape index (κ3) is 66.5. The predicted octanol–water partition coefficient (Wildman–Crippen LogP) is 20.5. The number of esters is 4. The van der Waals surface area contributed by atoms with Crippen LogP contribution in [0.5, 0.6) is 0 Å². The molecule has 0 aliphatic heterocycles. The third-order valence-corrected chi connectivity index (χ3v) is 18.5. The Kier molecular flexibility index (Phi) is 60.3. The van der Waals surface area contributed by atoms with Crippen LogP contribution in [-0.2, 0) is 65.4 Å². The van der Waals surface area contributed by atoms with Gasteiger partial charge in [0.05, 0.1) is 26.4 Å². The molecule has 0 aliphatic rings. The number of hydrogen-bond donors (Lipinski definition) is 3. The van der Waals surface area contributed by atoms with E-state index in [4.69, 9.17) is 37.0 Å². The Labute approximate surface area is 556 Å². The topological polar surface area (TPSA) is 237 Å². The largest absolute Gasteiger partial charge is 0.472 e. The second-order valence-electron chi connectivity index (χ2n) is 27.9. The van der Waals surface area contributed by atoms with Crippen LogP contribution in [0.4, 0.5) is 0 Å². The van der Waals surface area contributed by atoms with Crippen molar-refractivity contribution >= 4 is 39.5 Å². The molecule has 0 rings (SSSR count). The van der Waals surface area contributed by atoms with Crippen LogP contribution in [-0.4, -0.2) is 96.7 Å². The van der Waals surface area contributed by atoms with Gasteiger partial charge in [0, 0.05) is 25.7 Å². The first kappa shape index (κ1) is 89.1. The van der Waals surface area contributed by atoms with Gasteiger partial charge in [-0.2, -0.15) is 0 Å². The summed E-state index contributed by atoms with van der Waals surface area (Å²) in [4.78, 5) is 72.6. The third-order valence-electron chi connectivity index (χ3n) is 16.6. The van der Waals surface area contributed by atoms with Gasteiger partial charge in [0.1, 0.15) is 19.3 Å². The number of carbonyl (C=O) groups excluding carboxylic acids is 4. The summed E-state index contributed by atoms with van der Waals surface area (Å²) < 4.78 is 68.3. The minimum absolute atomic E-state index is 0.104. The van der Waals surface area contributed by atoms with Crippen LogP contribution in [0.25, 0.3) is 0 Å². The number of hydrogen-bond acceptors (Lipinski definition) is 15. The van der Waals surface area contributed by atoms with Gasteiger partial charge < -0.3 is 33.8 Å². The van der Waals surface area contributed by atoms with Crippen LogP contribution in [0.3, 0.4) is 0 Å². The smallest absolute Gasteiger partial charge is 0.462 e. The lowest BCUT2D eigenvalue weighted by molar-refractivity contribution is -0.161. The SMILES string of the molecule is CC(C)CCCCCCCCCCCCCCCC(=O)OC[C@H](COP(=O)(O)OCC(O)COP(=O)(O)OC[C@@H](COC(=O)CCCCCCCCCC(C)C)OC(=O)CCCCCCCCCCCCCC(C)C)OC(=O)CCCCCCCCCCC(C)C. The Bertz CT molecular complexity index is 1800. The molecular weight excluding hydrogens is 1200 g/mol. The molecular formula is C72H140O17P2. The fourth-order valence-corrected chi connectivity index (χ4v) is 12.4. The van der Waals surface area contributed by atoms with Crippen LogP contribution in [0.2, 0.25) is 0 Å². The van der Waals surface area contributed by atoms with Gasteiger partial charge in [-0.3, -0.25) is 37.3 Å². The lowest BCUT2D eigenvalue weighted by Crippen LogP contribution is -2.30. The first-order valence-corrected chi connectivity index (χ1v) is 40.2. The maximum Gasteiger partial charge on any atom is 0.472 e. The molecule has 540 valence electrons. The number of phosphoric ester groups is 2. The molecule has 0 aliphatic carbocycles. The van der Waals surface area contributed by atoms with Crippen molar-refractivity contribution in [3.05, 3.63) is 0 Å². The van der Waals surface area contributed by atoms with E-state index < -0.39 is 97.5 Å². The lowest BCUT2D eigenvalue weighted by Gasteiger charge is -2.21. The van der Waals surface area contributed by atoms with Gasteiger partial charge in [0.15, 0.2) is 12.2 Å². The molecule has 17 nitrogen and oxygen atoms in total. The Morgan fingerprint density at radius 3 is 0.681 bits per heavy atom. The monoisotopic (exact) mass is 1340 g/mol. The lowest BCUT2D eigenvalue weighted by atomic mass is 10.0. The summed E-state index contributed by atoms with van der Waals surface area (Å²) in [5, 5.41) is 10.6. The van der Waals surface area contributed by atoms with Crippen LogP contribution in [0.15, 0.2) is 0 Å². The van der Waals surface area contributed by atoms with Crippen molar-refractivity contribution in [3.63, 3.8) is 0 Å². The number of carbonyl (C=O) groups is 4. The standard InChI is InChI=1S/C72H140O17P2/c1-62(2)48-40-32-24-17-13-10-9-11-15-19-28-36-44-52-69(74)82-58-67(89-72(77)55-47-39-30-22-21-26-34-42-50-64(5)6)60-86-90(78,79)84-56-66(73)57-85-91(80,81)87-61-68(59-83-70(75)53-45-37-31-23-27-35-43-51-65(7)8)88-71(76)54-46-38-29-20-16-12-14-18-25-33-41-49-63(3)4/h62-68,73H,9-61H2,1-8H3,(H,78,79)(H,80,81)/t66?,67-,68-/m1/s1. The van der Waals surface area contributed by atoms with E-state index in [1.165, 1.54) is 154 Å². The fraction of sp³-hybridized carbons (Fsp3) is 0.944. The molecule has 0 saturated carbocycles. The van der Waals surface area contributed by atoms with Crippen molar-refractivity contribution in [1.82, 2.24) is 0 Å². The molecule has 0 spiro atoms. The van der Waals surface area contributed by atoms with Crippen molar-refractivity contribution in [2.75, 3.05) is 39.6 Å². The average molecular weight is 1340 g/mol. The minimum atomic E-state index is -4.95. The normalized spacial score (nSPS) is 14.2. The molecule has 91 heavy (non-hydrogen) atoms. The molecule has 0 heterocycles. The number of rotatable bonds is 69. The number of phosphoric acid groups is 2. The van der Waals surface area contributed by atoms with Crippen LogP contribution in [0, 0.1) is 23.7 Å². The van der Waals surface area contributed by atoms with E-state index in [1.54, 1.807) is 0 Å². The van der Waals surface area contributed by atoms with E-state index in [1.807, 2.05) is 0 Å². The zero-order chi connectivity index (χ0) is 67.5. The van der Waals surface area contributed by atoms with E-state index >= 15 is 0 Å². The molecule has 0 amide bonds. The molecule has 0 aromatic carbocycles. The van der Waals surface area contributed by atoms with Gasteiger partial charge in [-0.25, -0.2) is 9.13 Å². The summed E-state index contributed by atoms with van der Waals surface area (Å²) in [5.41, 5.74) is 0. The molecule has 0 radical (unpaired) electrons. The van der Waals surface area contributed by atoms with Crippen molar-refractivity contribution < 1.29 is 80.2 Å². The molecule has 0 fully saturated rings. The Morgan fingerprint density at radius 2 is 0.462 bits per heavy atom. The molecule has 19 heteroatoms. The predicted molar refractivity (Wildman–Crippen MR) is 367 cm³/mol. The molecule has 3 unspecified atom stereocenters. The molecule has 0 aromatic heterocycles. The number of aliphatic hydroxyl groups is 1. The van der Waals surface area contributed by atoms with Crippen molar-refractivity contribution in [1.29, 1.82) is 0 Å². The zero-order valence-electron chi connectivity index (χ0n) is 59.5. The highest BCUT2D eigenvalue weighted by molar-refractivity contribution is 7.47. The zero-order valence-corrected chi connectivity index (χ0v) is 61.3. The second kappa shape index (κ2) is 61.6. The molecule has 0 saturated heterocycles. The number of unbranched alkanes of at least 4 members (excludes halogenated alkanes) is 35. The average Bonchev–Trinajstić information content (AvgIpc) is 3.63. The highest BCUT2D eigenvalue weighted by atomic mass is 31.2. The number of aliphatic hydroxyl groups excluding tert-OH is 1. The van der Waals surface area contributed by atoms with Gasteiger partial charge in [-0.05, 0) is 49.4 Å². The molecule has 5 atom stereocenters. The highest BCUT2D eigenvalue weighted by Crippen LogP contribution is 2.45. The molecule has 0 bridgehead atoms. The van der Waals surface area contributed by atoms with Crippen LogP contribution < -0.4 is 0 Å². The van der Waals surface area contributed by atoms with Crippen LogP contribution in [0.1, 0.15) is 357 Å². The fourth-order valence-electron chi connectivity index (χ4n) is 10.8. The summed E-state index contributed by atoms with van der Waals surface area (Å²) in [7, 11) is -9.91. The van der Waals surface area contributed by atoms with E-state index in [2.05, 4.69) is 55.4 Å². The quantitative estimate of drug-likeness (QED) is 0.0222. The minimum Gasteiger partial charge on any atom is -0.462 e. The van der Waals surface area contributed by atoms with Gasteiger partial charge in [0.2, 0.25) is 0 Å². The summed E-state index contributed by atoms with van der Waals surface area (Å²) >= 11 is 0. The highest BCUT2D eigenvalue weighted by Gasteiger charge is 2.30.